The van der Waals surface area contributed by atoms with E-state index >= 15 is 0 Å². The Bertz CT molecular complexity index is 895. The van der Waals surface area contributed by atoms with Crippen molar-refractivity contribution in [3.63, 3.8) is 0 Å². The molecule has 0 saturated carbocycles. The van der Waals surface area contributed by atoms with Crippen molar-refractivity contribution in [2.75, 3.05) is 0 Å². The third-order valence-electron chi connectivity index (χ3n) is 4.01. The molecule has 124 valence electrons. The van der Waals surface area contributed by atoms with E-state index in [0.717, 1.165) is 16.5 Å². The zero-order valence-electron chi connectivity index (χ0n) is 13.8. The highest BCUT2D eigenvalue weighted by atomic mass is 16.5. The Morgan fingerprint density at radius 1 is 1.17 bits per heavy atom. The van der Waals surface area contributed by atoms with E-state index in [1.807, 2.05) is 49.4 Å². The Morgan fingerprint density at radius 2 is 1.92 bits per heavy atom. The molecule has 0 radical (unpaired) electrons. The summed E-state index contributed by atoms with van der Waals surface area (Å²) in [5.74, 6) is 0.650. The molecule has 2 aromatic carbocycles. The molecular formula is C20H20O4. The van der Waals surface area contributed by atoms with Crippen LogP contribution in [0.5, 0.6) is 5.75 Å². The van der Waals surface area contributed by atoms with E-state index in [0.29, 0.717) is 23.5 Å². The Morgan fingerprint density at radius 3 is 2.62 bits per heavy atom. The number of rotatable bonds is 5. The number of ether oxygens (including phenoxy) is 1. The second kappa shape index (κ2) is 6.89. The summed E-state index contributed by atoms with van der Waals surface area (Å²) in [4.78, 5) is 12.2. The van der Waals surface area contributed by atoms with Crippen molar-refractivity contribution in [3.05, 3.63) is 75.6 Å². The highest BCUT2D eigenvalue weighted by molar-refractivity contribution is 5.82. The fourth-order valence-corrected chi connectivity index (χ4v) is 2.74. The lowest BCUT2D eigenvalue weighted by molar-refractivity contribution is 0.194. The first-order chi connectivity index (χ1) is 11.5. The summed E-state index contributed by atoms with van der Waals surface area (Å²) >= 11 is 0. The van der Waals surface area contributed by atoms with Gasteiger partial charge in [0.15, 0.2) is 0 Å². The van der Waals surface area contributed by atoms with Gasteiger partial charge < -0.3 is 14.3 Å². The largest absolute Gasteiger partial charge is 0.489 e. The van der Waals surface area contributed by atoms with Gasteiger partial charge in [0.05, 0.1) is 6.10 Å². The lowest BCUT2D eigenvalue weighted by atomic mass is 10.0. The normalized spacial score (nSPS) is 12.3. The monoisotopic (exact) mass is 324 g/mol. The molecule has 0 unspecified atom stereocenters. The zero-order chi connectivity index (χ0) is 17.1. The van der Waals surface area contributed by atoms with Crippen LogP contribution >= 0.6 is 0 Å². The van der Waals surface area contributed by atoms with Crippen molar-refractivity contribution in [1.29, 1.82) is 0 Å². The van der Waals surface area contributed by atoms with Crippen LogP contribution in [0.25, 0.3) is 11.0 Å². The van der Waals surface area contributed by atoms with Crippen molar-refractivity contribution >= 4 is 11.0 Å². The Balaban J connectivity index is 1.90. The summed E-state index contributed by atoms with van der Waals surface area (Å²) in [6.45, 7) is 3.99. The van der Waals surface area contributed by atoms with Crippen molar-refractivity contribution < 1.29 is 14.3 Å². The van der Waals surface area contributed by atoms with Gasteiger partial charge in [0, 0.05) is 23.4 Å². The number of hydrogen-bond donors (Lipinski definition) is 1. The van der Waals surface area contributed by atoms with Gasteiger partial charge in [-0.3, -0.25) is 0 Å². The van der Waals surface area contributed by atoms with Crippen molar-refractivity contribution in [2.24, 2.45) is 0 Å². The molecule has 1 atom stereocenters. The van der Waals surface area contributed by atoms with Crippen LogP contribution in [-0.2, 0) is 13.0 Å². The molecule has 0 aliphatic heterocycles. The molecule has 0 saturated heterocycles. The molecule has 3 aromatic rings. The Hall–Kier alpha value is -2.59. The SMILES string of the molecule is Cc1c(C[C@@H](C)O)c(=O)oc2cc(OCc3ccccc3)ccc12. The van der Waals surface area contributed by atoms with E-state index in [1.165, 1.54) is 0 Å². The van der Waals surface area contributed by atoms with Crippen molar-refractivity contribution in [2.45, 2.75) is 33.0 Å². The van der Waals surface area contributed by atoms with Crippen LogP contribution in [0, 0.1) is 6.92 Å². The molecule has 0 aliphatic rings. The van der Waals surface area contributed by atoms with Gasteiger partial charge in [0.1, 0.15) is 17.9 Å². The molecule has 4 heteroatoms. The second-order valence-electron chi connectivity index (χ2n) is 5.98. The van der Waals surface area contributed by atoms with Gasteiger partial charge in [-0.2, -0.15) is 0 Å². The van der Waals surface area contributed by atoms with E-state index in [2.05, 4.69) is 0 Å². The standard InChI is InChI=1S/C20H20O4/c1-13(21)10-18-14(2)17-9-8-16(11-19(17)24-20(18)22)23-12-15-6-4-3-5-7-15/h3-9,11,13,21H,10,12H2,1-2H3/t13-/m1/s1. The van der Waals surface area contributed by atoms with E-state index in [1.54, 1.807) is 13.0 Å². The van der Waals surface area contributed by atoms with Crippen LogP contribution < -0.4 is 10.4 Å². The Labute approximate surface area is 140 Å². The fourth-order valence-electron chi connectivity index (χ4n) is 2.74. The first kappa shape index (κ1) is 16.3. The number of aliphatic hydroxyl groups is 1. The van der Waals surface area contributed by atoms with Crippen LogP contribution in [-0.4, -0.2) is 11.2 Å². The first-order valence-electron chi connectivity index (χ1n) is 7.95. The topological polar surface area (TPSA) is 59.7 Å². The third kappa shape index (κ3) is 3.49. The number of hydrogen-bond acceptors (Lipinski definition) is 4. The maximum Gasteiger partial charge on any atom is 0.339 e. The predicted octanol–water partition coefficient (Wildman–Crippen LogP) is 3.60. The van der Waals surface area contributed by atoms with Crippen LogP contribution in [0.15, 0.2) is 57.7 Å². The van der Waals surface area contributed by atoms with Crippen LogP contribution in [0.3, 0.4) is 0 Å². The number of fused-ring (bicyclic) bond motifs is 1. The second-order valence-corrected chi connectivity index (χ2v) is 5.98. The average molecular weight is 324 g/mol. The molecule has 0 aliphatic carbocycles. The predicted molar refractivity (Wildman–Crippen MR) is 93.4 cm³/mol. The van der Waals surface area contributed by atoms with Gasteiger partial charge in [-0.25, -0.2) is 4.79 Å². The number of benzene rings is 2. The first-order valence-corrected chi connectivity index (χ1v) is 7.95. The Kier molecular flexibility index (Phi) is 4.67. The average Bonchev–Trinajstić information content (AvgIpc) is 2.57. The summed E-state index contributed by atoms with van der Waals surface area (Å²) in [7, 11) is 0. The van der Waals surface area contributed by atoms with Gasteiger partial charge in [0.25, 0.3) is 0 Å². The van der Waals surface area contributed by atoms with E-state index < -0.39 is 11.7 Å². The van der Waals surface area contributed by atoms with Crippen LogP contribution in [0.4, 0.5) is 0 Å². The smallest absolute Gasteiger partial charge is 0.339 e. The quantitative estimate of drug-likeness (QED) is 0.729. The summed E-state index contributed by atoms with van der Waals surface area (Å²) < 4.78 is 11.2. The molecule has 1 heterocycles. The van der Waals surface area contributed by atoms with E-state index in [-0.39, 0.29) is 6.42 Å². The molecule has 3 rings (SSSR count). The summed E-state index contributed by atoms with van der Waals surface area (Å²) in [5, 5.41) is 10.4. The maximum atomic E-state index is 12.2. The number of aryl methyl sites for hydroxylation is 1. The summed E-state index contributed by atoms with van der Waals surface area (Å²) in [6.07, 6.45) is -0.298. The van der Waals surface area contributed by atoms with Crippen molar-refractivity contribution in [3.8, 4) is 5.75 Å². The highest BCUT2D eigenvalue weighted by Gasteiger charge is 2.13. The minimum Gasteiger partial charge on any atom is -0.489 e. The van der Waals surface area contributed by atoms with Gasteiger partial charge >= 0.3 is 5.63 Å². The lowest BCUT2D eigenvalue weighted by Crippen LogP contribution is -2.16. The lowest BCUT2D eigenvalue weighted by Gasteiger charge is -2.11. The third-order valence-corrected chi connectivity index (χ3v) is 4.01. The van der Waals surface area contributed by atoms with Gasteiger partial charge in [0.2, 0.25) is 0 Å². The number of aliphatic hydroxyl groups excluding tert-OH is 1. The summed E-state index contributed by atoms with van der Waals surface area (Å²) in [5.41, 5.74) is 2.54. The summed E-state index contributed by atoms with van der Waals surface area (Å²) in [6, 6.07) is 15.4. The molecule has 0 amide bonds. The van der Waals surface area contributed by atoms with Crippen LogP contribution in [0.2, 0.25) is 0 Å². The molecule has 0 fully saturated rings. The molecule has 24 heavy (non-hydrogen) atoms. The molecule has 4 nitrogen and oxygen atoms in total. The minimum atomic E-state index is -0.586. The van der Waals surface area contributed by atoms with Gasteiger partial charge in [-0.05, 0) is 37.1 Å². The van der Waals surface area contributed by atoms with Gasteiger partial charge in [-0.15, -0.1) is 0 Å². The zero-order valence-corrected chi connectivity index (χ0v) is 13.8. The molecule has 0 bridgehead atoms. The van der Waals surface area contributed by atoms with Gasteiger partial charge in [-0.1, -0.05) is 30.3 Å². The van der Waals surface area contributed by atoms with Crippen molar-refractivity contribution in [1.82, 2.24) is 0 Å². The highest BCUT2D eigenvalue weighted by Crippen LogP contribution is 2.25. The molecule has 0 spiro atoms. The fraction of sp³-hybridized carbons (Fsp3) is 0.250. The minimum absolute atomic E-state index is 0.288. The van der Waals surface area contributed by atoms with E-state index in [9.17, 15) is 9.90 Å². The maximum absolute atomic E-state index is 12.2. The molecule has 1 N–H and O–H groups in total. The molecule has 1 aromatic heterocycles. The molecular weight excluding hydrogens is 304 g/mol. The van der Waals surface area contributed by atoms with Crippen LogP contribution in [0.1, 0.15) is 23.6 Å². The van der Waals surface area contributed by atoms with E-state index in [4.69, 9.17) is 9.15 Å².